The van der Waals surface area contributed by atoms with Crippen LogP contribution >= 0.6 is 11.3 Å². The quantitative estimate of drug-likeness (QED) is 0.716. The largest absolute Gasteiger partial charge is 0.346 e. The van der Waals surface area contributed by atoms with E-state index in [1.807, 2.05) is 11.4 Å². The van der Waals surface area contributed by atoms with E-state index in [1.54, 1.807) is 6.07 Å². The van der Waals surface area contributed by atoms with Gasteiger partial charge in [0.2, 0.25) is 0 Å². The molecule has 0 saturated heterocycles. The van der Waals surface area contributed by atoms with Crippen LogP contribution in [0.2, 0.25) is 0 Å². The lowest BCUT2D eigenvalue weighted by molar-refractivity contribution is 0.0954. The third-order valence-electron chi connectivity index (χ3n) is 1.84. The molecule has 15 heavy (non-hydrogen) atoms. The number of H-pyrrole nitrogens is 2. The number of amides is 1. The Hall–Kier alpha value is -1.82. The van der Waals surface area contributed by atoms with Crippen molar-refractivity contribution in [3.05, 3.63) is 44.5 Å². The predicted molar refractivity (Wildman–Crippen MR) is 56.9 cm³/mol. The van der Waals surface area contributed by atoms with E-state index < -0.39 is 0 Å². The molecule has 2 heterocycles. The monoisotopic (exact) mass is 223 g/mol. The van der Waals surface area contributed by atoms with Gasteiger partial charge in [0.1, 0.15) is 0 Å². The average Bonchev–Trinajstić information content (AvgIpc) is 2.84. The van der Waals surface area contributed by atoms with Crippen molar-refractivity contribution in [1.82, 2.24) is 15.5 Å². The maximum atomic E-state index is 11.5. The van der Waals surface area contributed by atoms with Gasteiger partial charge < -0.3 is 10.4 Å². The lowest BCUT2D eigenvalue weighted by atomic mass is 10.4. The normalized spacial score (nSPS) is 10.1. The van der Waals surface area contributed by atoms with Crippen molar-refractivity contribution in [2.75, 3.05) is 0 Å². The maximum Gasteiger partial charge on any atom is 0.264 e. The highest BCUT2D eigenvalue weighted by molar-refractivity contribution is 7.12. The predicted octanol–water partition coefficient (Wildman–Crippen LogP) is 0.694. The molecule has 0 atom stereocenters. The van der Waals surface area contributed by atoms with Crippen LogP contribution in [0.25, 0.3) is 0 Å². The van der Waals surface area contributed by atoms with E-state index in [0.717, 1.165) is 0 Å². The smallest absolute Gasteiger partial charge is 0.264 e. The van der Waals surface area contributed by atoms with Crippen molar-refractivity contribution in [2.45, 2.75) is 6.54 Å². The highest BCUT2D eigenvalue weighted by Gasteiger charge is 2.05. The van der Waals surface area contributed by atoms with Gasteiger partial charge in [-0.3, -0.25) is 14.7 Å². The Morgan fingerprint density at radius 2 is 2.33 bits per heavy atom. The van der Waals surface area contributed by atoms with Gasteiger partial charge in [0.05, 0.1) is 17.1 Å². The van der Waals surface area contributed by atoms with Crippen molar-refractivity contribution in [1.29, 1.82) is 0 Å². The summed E-state index contributed by atoms with van der Waals surface area (Å²) in [4.78, 5) is 22.9. The highest BCUT2D eigenvalue weighted by Crippen LogP contribution is 2.07. The van der Waals surface area contributed by atoms with Crippen LogP contribution in [0.4, 0.5) is 0 Å². The molecule has 2 aromatic rings. The van der Waals surface area contributed by atoms with E-state index in [2.05, 4.69) is 15.5 Å². The van der Waals surface area contributed by atoms with Gasteiger partial charge in [-0.05, 0) is 11.4 Å². The Labute approximate surface area is 89.1 Å². The van der Waals surface area contributed by atoms with E-state index in [4.69, 9.17) is 0 Å². The van der Waals surface area contributed by atoms with Crippen LogP contribution in [-0.2, 0) is 6.54 Å². The first-order chi connectivity index (χ1) is 7.25. The number of carbonyl (C=O) groups excluding carboxylic acids is 1. The maximum absolute atomic E-state index is 11.5. The van der Waals surface area contributed by atoms with E-state index in [-0.39, 0.29) is 11.5 Å². The Bertz CT molecular complexity index is 497. The first kappa shape index (κ1) is 9.72. The van der Waals surface area contributed by atoms with Crippen LogP contribution in [0.15, 0.2) is 28.4 Å². The van der Waals surface area contributed by atoms with Crippen LogP contribution in [0, 0.1) is 0 Å². The van der Waals surface area contributed by atoms with Gasteiger partial charge in [0, 0.05) is 6.07 Å². The number of aromatic nitrogens is 2. The molecule has 0 aliphatic heterocycles. The zero-order valence-corrected chi connectivity index (χ0v) is 8.56. The van der Waals surface area contributed by atoms with Crippen molar-refractivity contribution < 1.29 is 4.79 Å². The minimum Gasteiger partial charge on any atom is -0.346 e. The fraction of sp³-hybridized carbons (Fsp3) is 0.111. The molecule has 0 unspecified atom stereocenters. The van der Waals surface area contributed by atoms with Crippen LogP contribution in [0.1, 0.15) is 15.4 Å². The SMILES string of the molecule is O=C(NCc1cc(=O)[nH][nH]1)c1cccs1. The molecule has 0 aromatic carbocycles. The lowest BCUT2D eigenvalue weighted by Crippen LogP contribution is -2.21. The minimum absolute atomic E-state index is 0.132. The van der Waals surface area contributed by atoms with Crippen molar-refractivity contribution in [3.63, 3.8) is 0 Å². The summed E-state index contributed by atoms with van der Waals surface area (Å²) in [6.07, 6.45) is 0. The van der Waals surface area contributed by atoms with Gasteiger partial charge in [-0.2, -0.15) is 0 Å². The molecular formula is C9H9N3O2S. The van der Waals surface area contributed by atoms with Gasteiger partial charge in [-0.1, -0.05) is 6.07 Å². The molecule has 3 N–H and O–H groups in total. The van der Waals surface area contributed by atoms with Gasteiger partial charge in [0.15, 0.2) is 0 Å². The van der Waals surface area contributed by atoms with Gasteiger partial charge in [-0.15, -0.1) is 11.3 Å². The molecule has 0 aliphatic rings. The number of nitrogens with one attached hydrogen (secondary N) is 3. The van der Waals surface area contributed by atoms with Crippen LogP contribution in [-0.4, -0.2) is 16.1 Å². The zero-order chi connectivity index (χ0) is 10.7. The summed E-state index contributed by atoms with van der Waals surface area (Å²) in [6, 6.07) is 4.98. The van der Waals surface area contributed by atoms with E-state index in [1.165, 1.54) is 17.4 Å². The highest BCUT2D eigenvalue weighted by atomic mass is 32.1. The molecule has 5 nitrogen and oxygen atoms in total. The number of hydrogen-bond donors (Lipinski definition) is 3. The van der Waals surface area contributed by atoms with Gasteiger partial charge in [0.25, 0.3) is 11.5 Å². The van der Waals surface area contributed by atoms with Crippen molar-refractivity contribution >= 4 is 17.2 Å². The van der Waals surface area contributed by atoms with E-state index in [9.17, 15) is 9.59 Å². The third kappa shape index (κ3) is 2.35. The standard InChI is InChI=1S/C9H9N3O2S/c13-8-4-6(11-12-8)5-10-9(14)7-2-1-3-15-7/h1-4H,5H2,(H,10,14)(H2,11,12,13). The van der Waals surface area contributed by atoms with Crippen LogP contribution in [0.5, 0.6) is 0 Å². The fourth-order valence-corrected chi connectivity index (χ4v) is 1.78. The second-order valence-electron chi connectivity index (χ2n) is 2.94. The van der Waals surface area contributed by atoms with Crippen molar-refractivity contribution in [3.8, 4) is 0 Å². The summed E-state index contributed by atoms with van der Waals surface area (Å²) in [6.45, 7) is 0.315. The molecule has 0 fully saturated rings. The topological polar surface area (TPSA) is 77.8 Å². The molecule has 0 saturated carbocycles. The second kappa shape index (κ2) is 4.14. The summed E-state index contributed by atoms with van der Waals surface area (Å²) < 4.78 is 0. The molecule has 0 spiro atoms. The summed E-state index contributed by atoms with van der Waals surface area (Å²) in [5.41, 5.74) is 0.459. The second-order valence-corrected chi connectivity index (χ2v) is 3.89. The number of hydrogen-bond acceptors (Lipinski definition) is 3. The summed E-state index contributed by atoms with van der Waals surface area (Å²) in [5.74, 6) is -0.132. The van der Waals surface area contributed by atoms with Crippen LogP contribution < -0.4 is 10.9 Å². The molecule has 0 radical (unpaired) electrons. The van der Waals surface area contributed by atoms with E-state index >= 15 is 0 Å². The third-order valence-corrected chi connectivity index (χ3v) is 2.70. The number of aromatic amines is 2. The number of rotatable bonds is 3. The average molecular weight is 223 g/mol. The Morgan fingerprint density at radius 3 is 2.93 bits per heavy atom. The molecule has 2 aromatic heterocycles. The summed E-state index contributed by atoms with van der Waals surface area (Å²) in [7, 11) is 0. The number of thiophene rings is 1. The van der Waals surface area contributed by atoms with Gasteiger partial charge >= 0.3 is 0 Å². The first-order valence-electron chi connectivity index (χ1n) is 4.34. The molecule has 78 valence electrons. The summed E-state index contributed by atoms with van der Waals surface area (Å²) >= 11 is 1.38. The molecule has 0 bridgehead atoms. The Balaban J connectivity index is 1.94. The Kier molecular flexibility index (Phi) is 2.68. The number of carbonyl (C=O) groups is 1. The minimum atomic E-state index is -0.199. The molecule has 2 rings (SSSR count). The molecule has 1 amide bonds. The molecule has 6 heteroatoms. The molecule has 0 aliphatic carbocycles. The fourth-order valence-electron chi connectivity index (χ4n) is 1.14. The van der Waals surface area contributed by atoms with E-state index in [0.29, 0.717) is 17.1 Å². The lowest BCUT2D eigenvalue weighted by Gasteiger charge is -2.00. The van der Waals surface area contributed by atoms with Gasteiger partial charge in [-0.25, -0.2) is 0 Å². The van der Waals surface area contributed by atoms with Crippen LogP contribution in [0.3, 0.4) is 0 Å². The Morgan fingerprint density at radius 1 is 1.47 bits per heavy atom. The zero-order valence-electron chi connectivity index (χ0n) is 7.74. The first-order valence-corrected chi connectivity index (χ1v) is 5.22. The van der Waals surface area contributed by atoms with Crippen molar-refractivity contribution in [2.24, 2.45) is 0 Å². The summed E-state index contributed by atoms with van der Waals surface area (Å²) in [5, 5.41) is 9.59. The molecular weight excluding hydrogens is 214 g/mol.